The Labute approximate surface area is 169 Å². The van der Waals surface area contributed by atoms with Crippen LogP contribution in [0.1, 0.15) is 5.01 Å². The molecular weight excluding hydrogens is 451 g/mol. The number of aryl methyl sites for hydroxylation is 1. The number of nitrogens with one attached hydrogen (secondary N) is 2. The molecule has 0 amide bonds. The van der Waals surface area contributed by atoms with Crippen molar-refractivity contribution in [1.29, 1.82) is 0 Å². The molecule has 3 rings (SSSR count). The fourth-order valence-corrected chi connectivity index (χ4v) is 5.22. The van der Waals surface area contributed by atoms with Crippen LogP contribution >= 0.6 is 22.9 Å². The van der Waals surface area contributed by atoms with Crippen LogP contribution in [-0.4, -0.2) is 27.0 Å². The molecule has 0 aliphatic rings. The molecule has 2 N–H and O–H groups in total. The van der Waals surface area contributed by atoms with Crippen LogP contribution in [0.25, 0.3) is 0 Å². The van der Waals surface area contributed by atoms with E-state index in [-0.39, 0.29) is 25.6 Å². The fraction of sp³-hybridized carbons (Fsp3) is 0.0667. The van der Waals surface area contributed by atoms with Crippen molar-refractivity contribution < 1.29 is 21.2 Å². The first-order valence-electron chi connectivity index (χ1n) is 7.48. The fourth-order valence-electron chi connectivity index (χ4n) is 2.07. The maximum absolute atomic E-state index is 13.2. The maximum atomic E-state index is 13.2. The van der Waals surface area contributed by atoms with Gasteiger partial charge in [0.05, 0.1) is 14.8 Å². The number of rotatable bonds is 6. The second kappa shape index (κ2) is 7.62. The lowest BCUT2D eigenvalue weighted by Crippen LogP contribution is -2.14. The van der Waals surface area contributed by atoms with Gasteiger partial charge in [0.15, 0.2) is 0 Å². The molecule has 148 valence electrons. The summed E-state index contributed by atoms with van der Waals surface area (Å²) in [5.41, 5.74) is 0.117. The average Bonchev–Trinajstić information content (AvgIpc) is 3.01. The number of nitrogens with zero attached hydrogens (tertiary/aromatic N) is 2. The van der Waals surface area contributed by atoms with Gasteiger partial charge >= 0.3 is 0 Å². The van der Waals surface area contributed by atoms with Crippen molar-refractivity contribution in [2.45, 2.75) is 16.7 Å². The van der Waals surface area contributed by atoms with E-state index in [4.69, 9.17) is 11.6 Å². The van der Waals surface area contributed by atoms with E-state index in [1.807, 2.05) is 0 Å². The van der Waals surface area contributed by atoms with E-state index in [0.29, 0.717) is 5.01 Å². The van der Waals surface area contributed by atoms with Crippen molar-refractivity contribution >= 4 is 53.8 Å². The molecule has 3 aromatic rings. The van der Waals surface area contributed by atoms with Crippen LogP contribution in [0, 0.1) is 12.7 Å². The summed E-state index contributed by atoms with van der Waals surface area (Å²) in [5.74, 6) is -0.742. The van der Waals surface area contributed by atoms with Gasteiger partial charge < -0.3 is 0 Å². The predicted octanol–water partition coefficient (Wildman–Crippen LogP) is 3.24. The molecule has 1 aromatic heterocycles. The molecule has 0 radical (unpaired) electrons. The molecule has 13 heteroatoms. The smallest absolute Gasteiger partial charge is 0.263 e. The molecule has 8 nitrogen and oxygen atoms in total. The SMILES string of the molecule is Cc1nnc(NS(=O)(=O)c2ccc(NS(=O)(=O)c3ccc(F)c(Cl)c3)cc2)s1. The Morgan fingerprint density at radius 3 is 2.11 bits per heavy atom. The van der Waals surface area contributed by atoms with Gasteiger partial charge in [-0.1, -0.05) is 22.9 Å². The number of aromatic nitrogens is 2. The summed E-state index contributed by atoms with van der Waals surface area (Å²) in [4.78, 5) is -0.322. The molecule has 0 spiro atoms. The van der Waals surface area contributed by atoms with Gasteiger partial charge in [-0.3, -0.25) is 9.44 Å². The van der Waals surface area contributed by atoms with E-state index in [1.54, 1.807) is 6.92 Å². The highest BCUT2D eigenvalue weighted by Crippen LogP contribution is 2.24. The summed E-state index contributed by atoms with van der Waals surface area (Å²) in [6.07, 6.45) is 0. The van der Waals surface area contributed by atoms with Crippen molar-refractivity contribution in [3.05, 3.63) is 58.3 Å². The molecule has 0 saturated carbocycles. The number of anilines is 2. The van der Waals surface area contributed by atoms with Crippen molar-refractivity contribution in [3.63, 3.8) is 0 Å². The Balaban J connectivity index is 1.79. The lowest BCUT2D eigenvalue weighted by Gasteiger charge is -2.10. The average molecular weight is 463 g/mol. The van der Waals surface area contributed by atoms with E-state index in [0.717, 1.165) is 29.5 Å². The first-order chi connectivity index (χ1) is 13.1. The molecule has 0 unspecified atom stereocenters. The lowest BCUT2D eigenvalue weighted by atomic mass is 10.3. The van der Waals surface area contributed by atoms with Crippen LogP contribution in [0.5, 0.6) is 0 Å². The topological polar surface area (TPSA) is 118 Å². The zero-order valence-electron chi connectivity index (χ0n) is 14.0. The third kappa shape index (κ3) is 4.58. The molecule has 0 bridgehead atoms. The van der Waals surface area contributed by atoms with E-state index in [9.17, 15) is 21.2 Å². The minimum atomic E-state index is -4.03. The van der Waals surface area contributed by atoms with Crippen LogP contribution in [0.2, 0.25) is 5.02 Å². The summed E-state index contributed by atoms with van der Waals surface area (Å²) in [5, 5.41) is 7.80. The van der Waals surface area contributed by atoms with Gasteiger partial charge in [0.25, 0.3) is 20.0 Å². The number of hydrogen-bond acceptors (Lipinski definition) is 7. The molecule has 1 heterocycles. The zero-order valence-corrected chi connectivity index (χ0v) is 17.3. The Morgan fingerprint density at radius 1 is 0.929 bits per heavy atom. The number of benzene rings is 2. The minimum absolute atomic E-state index is 0.0897. The van der Waals surface area contributed by atoms with E-state index in [2.05, 4.69) is 19.6 Å². The second-order valence-electron chi connectivity index (χ2n) is 5.44. The van der Waals surface area contributed by atoms with Crippen molar-refractivity contribution in [1.82, 2.24) is 10.2 Å². The number of sulfonamides is 2. The Kier molecular flexibility index (Phi) is 5.57. The second-order valence-corrected chi connectivity index (χ2v) is 10.4. The van der Waals surface area contributed by atoms with Gasteiger partial charge in [-0.15, -0.1) is 10.2 Å². The first-order valence-corrected chi connectivity index (χ1v) is 11.6. The Bertz CT molecular complexity index is 1230. The van der Waals surface area contributed by atoms with Crippen LogP contribution in [-0.2, 0) is 20.0 Å². The van der Waals surface area contributed by atoms with E-state index in [1.165, 1.54) is 24.3 Å². The highest BCUT2D eigenvalue weighted by atomic mass is 35.5. The van der Waals surface area contributed by atoms with E-state index < -0.39 is 25.9 Å². The monoisotopic (exact) mass is 462 g/mol. The largest absolute Gasteiger partial charge is 0.280 e. The third-order valence-electron chi connectivity index (χ3n) is 3.37. The van der Waals surface area contributed by atoms with Gasteiger partial charge in [-0.05, 0) is 49.4 Å². The summed E-state index contributed by atoms with van der Waals surface area (Å²) in [7, 11) is -7.93. The molecule has 0 fully saturated rings. The van der Waals surface area contributed by atoms with Gasteiger partial charge in [0.2, 0.25) is 5.13 Å². The van der Waals surface area contributed by atoms with Gasteiger partial charge in [0.1, 0.15) is 10.8 Å². The maximum Gasteiger partial charge on any atom is 0.263 e. The van der Waals surface area contributed by atoms with Crippen molar-refractivity contribution in [2.75, 3.05) is 9.44 Å². The normalized spacial score (nSPS) is 12.0. The Morgan fingerprint density at radius 2 is 1.54 bits per heavy atom. The molecule has 0 aliphatic carbocycles. The van der Waals surface area contributed by atoms with Crippen LogP contribution in [0.4, 0.5) is 15.2 Å². The van der Waals surface area contributed by atoms with Crippen LogP contribution in [0.3, 0.4) is 0 Å². The summed E-state index contributed by atoms with van der Waals surface area (Å²) >= 11 is 6.69. The quantitative estimate of drug-likeness (QED) is 0.580. The molecule has 0 aliphatic heterocycles. The van der Waals surface area contributed by atoms with Crippen LogP contribution in [0.15, 0.2) is 52.3 Å². The Hall–Kier alpha value is -2.28. The molecule has 0 atom stereocenters. The lowest BCUT2D eigenvalue weighted by molar-refractivity contribution is 0.599. The molecule has 0 saturated heterocycles. The standard InChI is InChI=1S/C15H12ClFN4O4S3/c1-9-18-19-15(26-9)21-27(22,23)11-4-2-10(3-5-11)20-28(24,25)12-6-7-14(17)13(16)8-12/h2-8,20H,1H3,(H,19,21). The van der Waals surface area contributed by atoms with Gasteiger partial charge in [0, 0.05) is 5.69 Å². The van der Waals surface area contributed by atoms with E-state index >= 15 is 0 Å². The molecular formula is C15H12ClFN4O4S3. The van der Waals surface area contributed by atoms with Crippen molar-refractivity contribution in [2.24, 2.45) is 0 Å². The third-order valence-corrected chi connectivity index (χ3v) is 7.27. The number of hydrogen-bond donors (Lipinski definition) is 2. The summed E-state index contributed by atoms with van der Waals surface area (Å²) in [6, 6.07) is 8.00. The van der Waals surface area contributed by atoms with Crippen LogP contribution < -0.4 is 9.44 Å². The summed E-state index contributed by atoms with van der Waals surface area (Å²) in [6.45, 7) is 1.69. The minimum Gasteiger partial charge on any atom is -0.280 e. The molecule has 2 aromatic carbocycles. The zero-order chi connectivity index (χ0) is 20.5. The first kappa shape index (κ1) is 20.5. The highest BCUT2D eigenvalue weighted by Gasteiger charge is 2.19. The van der Waals surface area contributed by atoms with Gasteiger partial charge in [-0.25, -0.2) is 21.2 Å². The predicted molar refractivity (Wildman–Crippen MR) is 104 cm³/mol. The van der Waals surface area contributed by atoms with Gasteiger partial charge in [-0.2, -0.15) is 0 Å². The summed E-state index contributed by atoms with van der Waals surface area (Å²) < 4.78 is 67.1. The highest BCUT2D eigenvalue weighted by molar-refractivity contribution is 7.93. The molecule has 28 heavy (non-hydrogen) atoms. The van der Waals surface area contributed by atoms with Crippen molar-refractivity contribution in [3.8, 4) is 0 Å². The number of halogens is 2.